The van der Waals surface area contributed by atoms with E-state index >= 15 is 0 Å². The standard InChI is InChI=1S/C116H100BN5/c1-112(2,3)75-40-31-39-74(59-75)89-61-76(113(4,5)6)50-55-98(89)118-80-53-58-102-94(66-80)95-67-81(119-100-56-51-77(114(7,8)9)62-92(100)93-63-78(115(10,11)12)52-57-101(93)119)68-97-110(95)121(102)105-69-104-106(88-47-32-46-87-85-44-28-26-42-83(85)82-41-25-27-43-84(82)86-45-29-30-48-99(86)120(104)108(87)88)111-107(105)117(97)96-54-49-73(70-33-19-16-20-34-70)60-103(96)122(111)109-90(71-35-21-17-22-36-71)64-79(116(13,14)15)65-91(109)72-37-23-18-24-38-72/h16-69,118H,1-15H3/i16D,19D,20D,33D,34D. The van der Waals surface area contributed by atoms with Crippen LogP contribution < -0.4 is 26.6 Å². The lowest BCUT2D eigenvalue weighted by atomic mass is 9.33. The maximum absolute atomic E-state index is 9.98. The van der Waals surface area contributed by atoms with Crippen LogP contribution in [0.15, 0.2) is 327 Å². The molecule has 0 aliphatic carbocycles. The minimum atomic E-state index is -0.540. The number of nitrogens with zero attached hydrogens (tertiary/aromatic N) is 4. The Morgan fingerprint density at radius 3 is 1.41 bits per heavy atom. The Hall–Kier alpha value is -13.4. The fraction of sp³-hybridized carbons (Fsp3) is 0.172. The summed E-state index contributed by atoms with van der Waals surface area (Å²) in [5, 5.41) is 17.5. The SMILES string of the molecule is [2H]c1c([2H])c([2H])c(-c2ccc3c(c2)N(c2c(-c4ccccc4)cc(C(C)(C)C)cc2-c2ccccc2)c2c4c(cc5c2c2cccc6c7ccccc7c7ccccc7c7ccccc7n5c62)-n2c5ccc(Nc6ccc(C(C)(C)C)cc6-c6cccc(C(C)(C)C)c6)cc5c5cc(-n6c7ccc(C(C)(C)C)cc7c7cc(C(C)(C)C)ccc76)cc(c52)B34)c([2H])c1[2H]. The molecule has 0 unspecified atom stereocenters. The van der Waals surface area contributed by atoms with Crippen LogP contribution in [-0.2, 0) is 27.1 Å². The second-order valence-corrected chi connectivity index (χ2v) is 39.4. The minimum Gasteiger partial charge on any atom is -0.355 e. The normalized spacial score (nSPS) is 13.7. The van der Waals surface area contributed by atoms with Gasteiger partial charge in [0.1, 0.15) is 0 Å². The fourth-order valence-electron chi connectivity index (χ4n) is 20.3. The van der Waals surface area contributed by atoms with Crippen molar-refractivity contribution in [2.75, 3.05) is 10.2 Å². The van der Waals surface area contributed by atoms with Crippen molar-refractivity contribution in [3.8, 4) is 55.9 Å². The average molecular weight is 1580 g/mol. The van der Waals surface area contributed by atoms with Crippen LogP contribution in [0.5, 0.6) is 0 Å². The van der Waals surface area contributed by atoms with Crippen molar-refractivity contribution in [2.45, 2.75) is 131 Å². The van der Waals surface area contributed by atoms with E-state index in [1.165, 1.54) is 33.0 Å². The molecule has 122 heavy (non-hydrogen) atoms. The molecular formula is C116H100BN5. The number of para-hydroxylation sites is 2. The number of anilines is 5. The number of rotatable bonds is 8. The van der Waals surface area contributed by atoms with Crippen molar-refractivity contribution in [1.29, 1.82) is 0 Å². The van der Waals surface area contributed by atoms with Crippen LogP contribution >= 0.6 is 0 Å². The van der Waals surface area contributed by atoms with Crippen molar-refractivity contribution in [1.82, 2.24) is 13.5 Å². The summed E-state index contributed by atoms with van der Waals surface area (Å²) >= 11 is 0. The molecular weight excluding hydrogens is 1470 g/mol. The number of fused-ring (bicyclic) bond motifs is 21. The highest BCUT2D eigenvalue weighted by Gasteiger charge is 2.46. The molecule has 0 bridgehead atoms. The van der Waals surface area contributed by atoms with Gasteiger partial charge in [0, 0.05) is 93.7 Å². The maximum atomic E-state index is 9.98. The predicted molar refractivity (Wildman–Crippen MR) is 527 cm³/mol. The molecule has 4 aromatic heterocycles. The lowest BCUT2D eigenvalue weighted by Crippen LogP contribution is -2.60. The van der Waals surface area contributed by atoms with Crippen LogP contribution in [0.4, 0.5) is 28.4 Å². The lowest BCUT2D eigenvalue weighted by molar-refractivity contribution is 0.589. The Morgan fingerprint density at radius 1 is 0.287 bits per heavy atom. The van der Waals surface area contributed by atoms with E-state index in [0.717, 1.165) is 188 Å². The van der Waals surface area contributed by atoms with Gasteiger partial charge in [0.2, 0.25) is 0 Å². The van der Waals surface area contributed by atoms with Crippen molar-refractivity contribution in [2.24, 2.45) is 0 Å². The molecule has 1 N–H and O–H groups in total. The number of benzene rings is 16. The van der Waals surface area contributed by atoms with Gasteiger partial charge in [-0.2, -0.15) is 0 Å². The number of aromatic nitrogens is 3. The smallest absolute Gasteiger partial charge is 0.252 e. The molecule has 2 aliphatic heterocycles. The van der Waals surface area contributed by atoms with Crippen LogP contribution in [0.1, 0.15) is 139 Å². The number of hydrogen-bond donors (Lipinski definition) is 1. The topological polar surface area (TPSA) is 29.5 Å². The van der Waals surface area contributed by atoms with Crippen molar-refractivity contribution < 1.29 is 6.85 Å². The molecule has 6 heterocycles. The Labute approximate surface area is 723 Å². The zero-order chi connectivity index (χ0) is 87.9. The highest BCUT2D eigenvalue weighted by atomic mass is 15.2. The highest BCUT2D eigenvalue weighted by molar-refractivity contribution is 7.00. The molecule has 0 saturated heterocycles. The summed E-state index contributed by atoms with van der Waals surface area (Å²) < 4.78 is 55.6. The van der Waals surface area contributed by atoms with Gasteiger partial charge in [-0.05, 0) is 218 Å². The summed E-state index contributed by atoms with van der Waals surface area (Å²) in [5.74, 6) is 0. The van der Waals surface area contributed by atoms with Gasteiger partial charge in [0.15, 0.2) is 0 Å². The Bertz CT molecular complexity index is 8030. The predicted octanol–water partition coefficient (Wildman–Crippen LogP) is 30.0. The quantitative estimate of drug-likeness (QED) is 0.154. The van der Waals surface area contributed by atoms with Crippen molar-refractivity contribution in [3.05, 3.63) is 355 Å². The highest BCUT2D eigenvalue weighted by Crippen LogP contribution is 2.56. The second-order valence-electron chi connectivity index (χ2n) is 39.4. The molecule has 6 heteroatoms. The first-order valence-electron chi connectivity index (χ1n) is 45.7. The first-order valence-corrected chi connectivity index (χ1v) is 43.2. The summed E-state index contributed by atoms with van der Waals surface area (Å²) in [6.45, 7) is 34.0. The van der Waals surface area contributed by atoms with E-state index in [1.807, 2.05) is 6.07 Å². The molecule has 0 fully saturated rings. The molecule has 0 atom stereocenters. The van der Waals surface area contributed by atoms with Crippen LogP contribution in [0, 0.1) is 0 Å². The second kappa shape index (κ2) is 27.0. The molecule has 0 radical (unpaired) electrons. The average Bonchev–Trinajstić information content (AvgIpc) is 1.53. The van der Waals surface area contributed by atoms with E-state index < -0.39 is 24.8 Å². The van der Waals surface area contributed by atoms with E-state index in [2.05, 4.69) is 419 Å². The lowest BCUT2D eigenvalue weighted by Gasteiger charge is -2.43. The van der Waals surface area contributed by atoms with Gasteiger partial charge in [-0.25, -0.2) is 0 Å². The molecule has 2 aliphatic rings. The number of hydrogen-bond acceptors (Lipinski definition) is 2. The first kappa shape index (κ1) is 69.4. The van der Waals surface area contributed by atoms with Crippen LogP contribution in [0.25, 0.3) is 159 Å². The monoisotopic (exact) mass is 1580 g/mol. The molecule has 0 saturated carbocycles. The zero-order valence-electron chi connectivity index (χ0n) is 77.2. The van der Waals surface area contributed by atoms with Gasteiger partial charge in [-0.1, -0.05) is 334 Å². The summed E-state index contributed by atoms with van der Waals surface area (Å²) in [5.41, 5.74) is 29.6. The summed E-state index contributed by atoms with van der Waals surface area (Å²) in [6.07, 6.45) is 0. The van der Waals surface area contributed by atoms with Gasteiger partial charge in [-0.15, -0.1) is 0 Å². The molecule has 16 aromatic carbocycles. The maximum Gasteiger partial charge on any atom is 0.252 e. The van der Waals surface area contributed by atoms with Crippen LogP contribution in [-0.4, -0.2) is 20.2 Å². The number of nitrogens with one attached hydrogen (secondary N) is 1. The minimum absolute atomic E-state index is 0.0825. The van der Waals surface area contributed by atoms with E-state index in [4.69, 9.17) is 1.37 Å². The van der Waals surface area contributed by atoms with Crippen LogP contribution in [0.3, 0.4) is 0 Å². The Kier molecular flexibility index (Phi) is 15.4. The third-order valence-electron chi connectivity index (χ3n) is 26.6. The fourth-order valence-corrected chi connectivity index (χ4v) is 20.3. The largest absolute Gasteiger partial charge is 0.355 e. The van der Waals surface area contributed by atoms with Crippen molar-refractivity contribution in [3.63, 3.8) is 0 Å². The van der Waals surface area contributed by atoms with Crippen LogP contribution in [0.2, 0.25) is 0 Å². The summed E-state index contributed by atoms with van der Waals surface area (Å²) in [4.78, 5) is 2.59. The van der Waals surface area contributed by atoms with E-state index in [1.54, 1.807) is 0 Å². The third kappa shape index (κ3) is 11.7. The van der Waals surface area contributed by atoms with Gasteiger partial charge in [-0.3, -0.25) is 0 Å². The molecule has 592 valence electrons. The molecule has 0 spiro atoms. The van der Waals surface area contributed by atoms with Gasteiger partial charge in [0.25, 0.3) is 6.71 Å². The van der Waals surface area contributed by atoms with E-state index in [9.17, 15) is 5.48 Å². The zero-order valence-corrected chi connectivity index (χ0v) is 72.2. The van der Waals surface area contributed by atoms with E-state index in [0.29, 0.717) is 5.56 Å². The van der Waals surface area contributed by atoms with Gasteiger partial charge < -0.3 is 23.8 Å². The summed E-state index contributed by atoms with van der Waals surface area (Å²) in [7, 11) is 0. The molecule has 20 aromatic rings. The first-order chi connectivity index (χ1) is 60.8. The molecule has 22 rings (SSSR count). The Morgan fingerprint density at radius 2 is 0.787 bits per heavy atom. The van der Waals surface area contributed by atoms with Crippen molar-refractivity contribution >= 4 is 155 Å². The van der Waals surface area contributed by atoms with Gasteiger partial charge in [0.05, 0.1) is 51.3 Å². The van der Waals surface area contributed by atoms with E-state index in [-0.39, 0.29) is 44.7 Å². The third-order valence-corrected chi connectivity index (χ3v) is 26.6. The summed E-state index contributed by atoms with van der Waals surface area (Å²) in [6, 6.07) is 110. The molecule has 0 amide bonds. The van der Waals surface area contributed by atoms with Gasteiger partial charge >= 0.3 is 0 Å². The molecule has 5 nitrogen and oxygen atoms in total. The Balaban J connectivity index is 0.971.